The van der Waals surface area contributed by atoms with Crippen molar-refractivity contribution in [2.75, 3.05) is 14.2 Å². The molecule has 0 bridgehead atoms. The SMILES string of the molecule is CCCc1cc(OC)c(O)c(OC)c1C(C)=O. The van der Waals surface area contributed by atoms with Crippen LogP contribution in [-0.2, 0) is 6.42 Å². The second-order valence-electron chi connectivity index (χ2n) is 3.80. The summed E-state index contributed by atoms with van der Waals surface area (Å²) in [4.78, 5) is 11.6. The van der Waals surface area contributed by atoms with E-state index in [4.69, 9.17) is 9.47 Å². The standard InChI is InChI=1S/C13H18O4/c1-5-6-9-7-10(16-3)12(15)13(17-4)11(9)8(2)14/h7,15H,5-6H2,1-4H3. The van der Waals surface area contributed by atoms with Gasteiger partial charge in [-0.3, -0.25) is 4.79 Å². The number of carbonyl (C=O) groups excluding carboxylic acids is 1. The van der Waals surface area contributed by atoms with Crippen LogP contribution in [0.15, 0.2) is 6.07 Å². The average Bonchev–Trinajstić information content (AvgIpc) is 2.30. The first-order chi connectivity index (χ1) is 8.06. The van der Waals surface area contributed by atoms with Gasteiger partial charge in [-0.1, -0.05) is 13.3 Å². The van der Waals surface area contributed by atoms with Gasteiger partial charge in [0.25, 0.3) is 0 Å². The highest BCUT2D eigenvalue weighted by molar-refractivity contribution is 5.99. The Labute approximate surface area is 101 Å². The predicted octanol–water partition coefficient (Wildman–Crippen LogP) is 2.56. The van der Waals surface area contributed by atoms with Crippen LogP contribution in [0.1, 0.15) is 36.2 Å². The number of Topliss-reactive ketones (excluding diaryl/α,β-unsaturated/α-hetero) is 1. The fourth-order valence-electron chi connectivity index (χ4n) is 1.88. The fourth-order valence-corrected chi connectivity index (χ4v) is 1.88. The number of benzene rings is 1. The molecule has 0 radical (unpaired) electrons. The number of hydrogen-bond acceptors (Lipinski definition) is 4. The molecule has 1 rings (SSSR count). The Balaban J connectivity index is 3.51. The lowest BCUT2D eigenvalue weighted by Crippen LogP contribution is -2.05. The molecule has 0 unspecified atom stereocenters. The van der Waals surface area contributed by atoms with Gasteiger partial charge in [-0.25, -0.2) is 0 Å². The van der Waals surface area contributed by atoms with Gasteiger partial charge in [-0.05, 0) is 25.0 Å². The van der Waals surface area contributed by atoms with Gasteiger partial charge in [0, 0.05) is 0 Å². The van der Waals surface area contributed by atoms with E-state index < -0.39 is 0 Å². The summed E-state index contributed by atoms with van der Waals surface area (Å²) in [5.74, 6) is 0.277. The number of ether oxygens (including phenoxy) is 2. The average molecular weight is 238 g/mol. The second-order valence-corrected chi connectivity index (χ2v) is 3.80. The van der Waals surface area contributed by atoms with Gasteiger partial charge in [-0.2, -0.15) is 0 Å². The fraction of sp³-hybridized carbons (Fsp3) is 0.462. The highest BCUT2D eigenvalue weighted by Gasteiger charge is 2.21. The number of aromatic hydroxyl groups is 1. The number of methoxy groups -OCH3 is 2. The minimum Gasteiger partial charge on any atom is -0.502 e. The lowest BCUT2D eigenvalue weighted by molar-refractivity contribution is 0.101. The largest absolute Gasteiger partial charge is 0.502 e. The van der Waals surface area contributed by atoms with E-state index in [1.54, 1.807) is 6.07 Å². The van der Waals surface area contributed by atoms with Gasteiger partial charge in [0.1, 0.15) is 0 Å². The summed E-state index contributed by atoms with van der Waals surface area (Å²) >= 11 is 0. The summed E-state index contributed by atoms with van der Waals surface area (Å²) in [6.07, 6.45) is 1.64. The van der Waals surface area contributed by atoms with Gasteiger partial charge < -0.3 is 14.6 Å². The van der Waals surface area contributed by atoms with Crippen molar-refractivity contribution in [3.8, 4) is 17.2 Å². The Morgan fingerprint density at radius 3 is 2.41 bits per heavy atom. The Kier molecular flexibility index (Phi) is 4.37. The third-order valence-electron chi connectivity index (χ3n) is 2.60. The molecule has 1 aromatic rings. The summed E-state index contributed by atoms with van der Waals surface area (Å²) < 4.78 is 10.2. The first-order valence-corrected chi connectivity index (χ1v) is 5.54. The predicted molar refractivity (Wildman–Crippen MR) is 65.2 cm³/mol. The molecule has 0 aliphatic heterocycles. The normalized spacial score (nSPS) is 10.1. The van der Waals surface area contributed by atoms with Crippen LogP contribution in [0.2, 0.25) is 0 Å². The Hall–Kier alpha value is -1.71. The molecular formula is C13H18O4. The van der Waals surface area contributed by atoms with Crippen LogP contribution in [0.3, 0.4) is 0 Å². The van der Waals surface area contributed by atoms with Crippen LogP contribution < -0.4 is 9.47 Å². The van der Waals surface area contributed by atoms with E-state index >= 15 is 0 Å². The highest BCUT2D eigenvalue weighted by atomic mass is 16.5. The molecule has 0 aliphatic carbocycles. The van der Waals surface area contributed by atoms with Crippen molar-refractivity contribution < 1.29 is 19.4 Å². The van der Waals surface area contributed by atoms with E-state index in [0.717, 1.165) is 18.4 Å². The van der Waals surface area contributed by atoms with Crippen LogP contribution >= 0.6 is 0 Å². The van der Waals surface area contributed by atoms with Gasteiger partial charge in [0.2, 0.25) is 5.75 Å². The number of phenolic OH excluding ortho intramolecular Hbond substituents is 1. The number of carbonyl (C=O) groups is 1. The Morgan fingerprint density at radius 2 is 2.00 bits per heavy atom. The molecule has 4 nitrogen and oxygen atoms in total. The molecule has 0 aliphatic rings. The van der Waals surface area contributed by atoms with Gasteiger partial charge in [0.15, 0.2) is 17.3 Å². The highest BCUT2D eigenvalue weighted by Crippen LogP contribution is 2.41. The monoisotopic (exact) mass is 238 g/mol. The zero-order valence-electron chi connectivity index (χ0n) is 10.7. The maximum absolute atomic E-state index is 11.6. The molecule has 17 heavy (non-hydrogen) atoms. The Morgan fingerprint density at radius 1 is 1.35 bits per heavy atom. The summed E-state index contributed by atoms with van der Waals surface area (Å²) in [6, 6.07) is 1.69. The Bertz CT molecular complexity index is 424. The van der Waals surface area contributed by atoms with Crippen molar-refractivity contribution in [3.63, 3.8) is 0 Å². The molecule has 0 aromatic heterocycles. The van der Waals surface area contributed by atoms with Crippen LogP contribution in [0, 0.1) is 0 Å². The molecule has 1 N–H and O–H groups in total. The number of aryl methyl sites for hydroxylation is 1. The zero-order chi connectivity index (χ0) is 13.0. The molecular weight excluding hydrogens is 220 g/mol. The van der Waals surface area contributed by atoms with Gasteiger partial charge in [-0.15, -0.1) is 0 Å². The van der Waals surface area contributed by atoms with Crippen LogP contribution in [0.25, 0.3) is 0 Å². The third kappa shape index (κ3) is 2.52. The third-order valence-corrected chi connectivity index (χ3v) is 2.60. The summed E-state index contributed by atoms with van der Waals surface area (Å²) in [5.41, 5.74) is 1.28. The van der Waals surface area contributed by atoms with Crippen molar-refractivity contribution >= 4 is 5.78 Å². The van der Waals surface area contributed by atoms with Crippen molar-refractivity contribution in [1.29, 1.82) is 0 Å². The van der Waals surface area contributed by atoms with Crippen LogP contribution in [0.4, 0.5) is 0 Å². The molecule has 1 aromatic carbocycles. The van der Waals surface area contributed by atoms with E-state index in [1.165, 1.54) is 21.1 Å². The van der Waals surface area contributed by atoms with Gasteiger partial charge >= 0.3 is 0 Å². The second kappa shape index (κ2) is 5.57. The van der Waals surface area contributed by atoms with Gasteiger partial charge in [0.05, 0.1) is 19.8 Å². The molecule has 0 spiro atoms. The number of phenols is 1. The lowest BCUT2D eigenvalue weighted by Gasteiger charge is -2.15. The van der Waals surface area contributed by atoms with Crippen LogP contribution in [-0.4, -0.2) is 25.1 Å². The smallest absolute Gasteiger partial charge is 0.201 e. The minimum absolute atomic E-state index is 0.122. The van der Waals surface area contributed by atoms with E-state index in [2.05, 4.69) is 0 Å². The first-order valence-electron chi connectivity index (χ1n) is 5.54. The molecule has 0 saturated carbocycles. The molecule has 0 fully saturated rings. The van der Waals surface area contributed by atoms with Crippen molar-refractivity contribution in [2.24, 2.45) is 0 Å². The zero-order valence-corrected chi connectivity index (χ0v) is 10.7. The molecule has 0 saturated heterocycles. The topological polar surface area (TPSA) is 55.8 Å². The number of rotatable bonds is 5. The maximum Gasteiger partial charge on any atom is 0.201 e. The molecule has 94 valence electrons. The molecule has 4 heteroatoms. The van der Waals surface area contributed by atoms with E-state index in [-0.39, 0.29) is 17.3 Å². The lowest BCUT2D eigenvalue weighted by atomic mass is 9.98. The van der Waals surface area contributed by atoms with E-state index in [1.807, 2.05) is 6.92 Å². The van der Waals surface area contributed by atoms with Crippen molar-refractivity contribution in [1.82, 2.24) is 0 Å². The number of ketones is 1. The first kappa shape index (κ1) is 13.4. The molecule has 0 atom stereocenters. The number of hydrogen-bond donors (Lipinski definition) is 1. The summed E-state index contributed by atoms with van der Waals surface area (Å²) in [7, 11) is 2.90. The molecule has 0 heterocycles. The van der Waals surface area contributed by atoms with Crippen molar-refractivity contribution in [2.45, 2.75) is 26.7 Å². The van der Waals surface area contributed by atoms with E-state index in [0.29, 0.717) is 11.3 Å². The quantitative estimate of drug-likeness (QED) is 0.801. The maximum atomic E-state index is 11.6. The minimum atomic E-state index is -0.125. The van der Waals surface area contributed by atoms with Crippen molar-refractivity contribution in [3.05, 3.63) is 17.2 Å². The summed E-state index contributed by atoms with van der Waals surface area (Å²) in [6.45, 7) is 3.48. The summed E-state index contributed by atoms with van der Waals surface area (Å²) in [5, 5.41) is 9.91. The molecule has 0 amide bonds. The van der Waals surface area contributed by atoms with E-state index in [9.17, 15) is 9.90 Å². The van der Waals surface area contributed by atoms with Crippen LogP contribution in [0.5, 0.6) is 17.2 Å².